The number of halogens is 1. The van der Waals surface area contributed by atoms with Crippen LogP contribution in [-0.2, 0) is 11.8 Å². The van der Waals surface area contributed by atoms with Crippen LogP contribution in [-0.4, -0.2) is 53.9 Å². The van der Waals surface area contributed by atoms with Crippen molar-refractivity contribution in [2.24, 2.45) is 18.0 Å². The quantitative estimate of drug-likeness (QED) is 0.461. The number of ether oxygens (including phenoxy) is 1. The molecule has 0 amide bonds. The van der Waals surface area contributed by atoms with Crippen LogP contribution < -0.4 is 5.32 Å². The number of aliphatic imine (C=N–C) groups is 1. The van der Waals surface area contributed by atoms with E-state index in [1.807, 2.05) is 31.2 Å². The lowest BCUT2D eigenvalue weighted by Crippen LogP contribution is -2.49. The van der Waals surface area contributed by atoms with Crippen LogP contribution in [0.25, 0.3) is 0 Å². The highest BCUT2D eigenvalue weighted by Gasteiger charge is 2.26. The molecule has 0 radical (unpaired) electrons. The Hall–Kier alpha value is -0.830. The Kier molecular flexibility index (Phi) is 6.49. The Labute approximate surface area is 149 Å². The number of morpholine rings is 1. The Morgan fingerprint density at radius 1 is 1.50 bits per heavy atom. The lowest BCUT2D eigenvalue weighted by atomic mass is 9.85. The molecule has 1 saturated heterocycles. The Morgan fingerprint density at radius 2 is 2.32 bits per heavy atom. The molecule has 1 aliphatic heterocycles. The van der Waals surface area contributed by atoms with Gasteiger partial charge < -0.3 is 15.0 Å². The van der Waals surface area contributed by atoms with E-state index in [0.717, 1.165) is 43.7 Å². The maximum absolute atomic E-state index is 5.88. The highest BCUT2D eigenvalue weighted by Crippen LogP contribution is 2.25. The zero-order chi connectivity index (χ0) is 14.7. The summed E-state index contributed by atoms with van der Waals surface area (Å²) in [7, 11) is 3.79. The SMILES string of the molecule is CN=C(NCC1CCC1)N1CCOC(c2cnn(C)c2)C1.I. The fourth-order valence-electron chi connectivity index (χ4n) is 2.91. The average Bonchev–Trinajstić information content (AvgIpc) is 2.88. The van der Waals surface area contributed by atoms with Gasteiger partial charge in [0.1, 0.15) is 6.10 Å². The van der Waals surface area contributed by atoms with Gasteiger partial charge in [-0.15, -0.1) is 24.0 Å². The van der Waals surface area contributed by atoms with Crippen LogP contribution in [0.4, 0.5) is 0 Å². The van der Waals surface area contributed by atoms with Crippen molar-refractivity contribution in [1.82, 2.24) is 20.0 Å². The van der Waals surface area contributed by atoms with Crippen LogP contribution in [0.15, 0.2) is 17.4 Å². The second kappa shape index (κ2) is 8.14. The molecule has 1 aliphatic carbocycles. The molecule has 2 fully saturated rings. The molecule has 0 bridgehead atoms. The van der Waals surface area contributed by atoms with Crippen LogP contribution >= 0.6 is 24.0 Å². The van der Waals surface area contributed by atoms with Gasteiger partial charge in [0.05, 0.1) is 19.3 Å². The molecule has 124 valence electrons. The zero-order valence-corrected chi connectivity index (χ0v) is 15.7. The third-order valence-corrected chi connectivity index (χ3v) is 4.45. The van der Waals surface area contributed by atoms with Crippen LogP contribution in [0, 0.1) is 5.92 Å². The molecular weight excluding hydrogens is 393 g/mol. The van der Waals surface area contributed by atoms with Gasteiger partial charge in [-0.25, -0.2) is 0 Å². The third-order valence-electron chi connectivity index (χ3n) is 4.45. The van der Waals surface area contributed by atoms with Crippen LogP contribution in [0.5, 0.6) is 0 Å². The predicted octanol–water partition coefficient (Wildman–Crippen LogP) is 1.79. The van der Waals surface area contributed by atoms with Gasteiger partial charge in [-0.3, -0.25) is 9.67 Å². The Bertz CT molecular complexity index is 500. The molecule has 2 heterocycles. The summed E-state index contributed by atoms with van der Waals surface area (Å²) in [6.45, 7) is 3.49. The summed E-state index contributed by atoms with van der Waals surface area (Å²) >= 11 is 0. The fourth-order valence-corrected chi connectivity index (χ4v) is 2.91. The van der Waals surface area contributed by atoms with E-state index in [1.165, 1.54) is 19.3 Å². The van der Waals surface area contributed by atoms with Crippen molar-refractivity contribution in [1.29, 1.82) is 0 Å². The second-order valence-electron chi connectivity index (χ2n) is 5.98. The normalized spacial score (nSPS) is 22.9. The molecule has 7 heteroatoms. The zero-order valence-electron chi connectivity index (χ0n) is 13.4. The minimum atomic E-state index is 0. The number of rotatable bonds is 3. The minimum absolute atomic E-state index is 0. The Morgan fingerprint density at radius 3 is 2.91 bits per heavy atom. The molecule has 3 rings (SSSR count). The summed E-state index contributed by atoms with van der Waals surface area (Å²) < 4.78 is 7.70. The third kappa shape index (κ3) is 4.13. The van der Waals surface area contributed by atoms with Gasteiger partial charge in [0.15, 0.2) is 5.96 Å². The summed E-state index contributed by atoms with van der Waals surface area (Å²) in [5.41, 5.74) is 1.14. The molecule has 1 aromatic heterocycles. The van der Waals surface area contributed by atoms with E-state index in [-0.39, 0.29) is 30.1 Å². The predicted molar refractivity (Wildman–Crippen MR) is 97.6 cm³/mol. The van der Waals surface area contributed by atoms with Gasteiger partial charge in [-0.05, 0) is 18.8 Å². The smallest absolute Gasteiger partial charge is 0.193 e. The summed E-state index contributed by atoms with van der Waals surface area (Å²) in [6, 6.07) is 0. The summed E-state index contributed by atoms with van der Waals surface area (Å²) in [4.78, 5) is 6.72. The van der Waals surface area contributed by atoms with Gasteiger partial charge in [0, 0.05) is 38.9 Å². The topological polar surface area (TPSA) is 54.7 Å². The van der Waals surface area contributed by atoms with Crippen LogP contribution in [0.1, 0.15) is 30.9 Å². The Balaban J connectivity index is 0.00000176. The van der Waals surface area contributed by atoms with Gasteiger partial charge in [0.2, 0.25) is 0 Å². The first kappa shape index (κ1) is 17.5. The van der Waals surface area contributed by atoms with Crippen molar-refractivity contribution in [2.45, 2.75) is 25.4 Å². The van der Waals surface area contributed by atoms with Crippen molar-refractivity contribution in [3.05, 3.63) is 18.0 Å². The van der Waals surface area contributed by atoms with Gasteiger partial charge >= 0.3 is 0 Å². The molecule has 1 atom stereocenters. The largest absolute Gasteiger partial charge is 0.370 e. The van der Waals surface area contributed by atoms with E-state index in [0.29, 0.717) is 0 Å². The molecule has 0 spiro atoms. The summed E-state index contributed by atoms with van der Waals surface area (Å²) in [5.74, 6) is 1.83. The maximum Gasteiger partial charge on any atom is 0.193 e. The average molecular weight is 419 g/mol. The van der Waals surface area contributed by atoms with Crippen LogP contribution in [0.3, 0.4) is 0 Å². The van der Waals surface area contributed by atoms with E-state index in [2.05, 4.69) is 20.3 Å². The molecule has 1 saturated carbocycles. The van der Waals surface area contributed by atoms with E-state index in [9.17, 15) is 0 Å². The number of aryl methyl sites for hydroxylation is 1. The summed E-state index contributed by atoms with van der Waals surface area (Å²) in [5, 5.41) is 7.75. The number of nitrogens with one attached hydrogen (secondary N) is 1. The molecule has 22 heavy (non-hydrogen) atoms. The van der Waals surface area contributed by atoms with Crippen molar-refractivity contribution in [3.63, 3.8) is 0 Å². The van der Waals surface area contributed by atoms with Crippen molar-refractivity contribution in [3.8, 4) is 0 Å². The van der Waals surface area contributed by atoms with Crippen molar-refractivity contribution < 1.29 is 4.74 Å². The first-order valence-electron chi connectivity index (χ1n) is 7.82. The van der Waals surface area contributed by atoms with Gasteiger partial charge in [-0.1, -0.05) is 6.42 Å². The number of nitrogens with zero attached hydrogens (tertiary/aromatic N) is 4. The van der Waals surface area contributed by atoms with E-state index < -0.39 is 0 Å². The number of hydrogen-bond donors (Lipinski definition) is 1. The number of hydrogen-bond acceptors (Lipinski definition) is 3. The van der Waals surface area contributed by atoms with E-state index >= 15 is 0 Å². The van der Waals surface area contributed by atoms with Crippen molar-refractivity contribution in [2.75, 3.05) is 33.3 Å². The molecule has 1 aromatic rings. The first-order chi connectivity index (χ1) is 10.3. The molecule has 1 N–H and O–H groups in total. The van der Waals surface area contributed by atoms with Crippen LogP contribution in [0.2, 0.25) is 0 Å². The standard InChI is InChI=1S/C15H25N5O.HI/c1-16-15(17-8-12-4-3-5-12)20-6-7-21-14(11-20)13-9-18-19(2)10-13;/h9-10,12,14H,3-8,11H2,1-2H3,(H,16,17);1H. The number of aromatic nitrogens is 2. The second-order valence-corrected chi connectivity index (χ2v) is 5.98. The highest BCUT2D eigenvalue weighted by molar-refractivity contribution is 14.0. The summed E-state index contributed by atoms with van der Waals surface area (Å²) in [6.07, 6.45) is 8.08. The lowest BCUT2D eigenvalue weighted by molar-refractivity contribution is -0.00813. The highest BCUT2D eigenvalue weighted by atomic mass is 127. The van der Waals surface area contributed by atoms with Gasteiger partial charge in [-0.2, -0.15) is 5.10 Å². The lowest BCUT2D eigenvalue weighted by Gasteiger charge is -2.36. The fraction of sp³-hybridized carbons (Fsp3) is 0.733. The first-order valence-corrected chi connectivity index (χ1v) is 7.82. The molecule has 6 nitrogen and oxygen atoms in total. The monoisotopic (exact) mass is 419 g/mol. The molecule has 0 aromatic carbocycles. The van der Waals surface area contributed by atoms with Gasteiger partial charge in [0.25, 0.3) is 0 Å². The molecule has 2 aliphatic rings. The number of guanidine groups is 1. The molecular formula is C15H26IN5O. The van der Waals surface area contributed by atoms with Crippen molar-refractivity contribution >= 4 is 29.9 Å². The minimum Gasteiger partial charge on any atom is -0.370 e. The molecule has 1 unspecified atom stereocenters. The van der Waals surface area contributed by atoms with E-state index in [4.69, 9.17) is 4.74 Å². The van der Waals surface area contributed by atoms with E-state index in [1.54, 1.807) is 0 Å². The maximum atomic E-state index is 5.88.